The van der Waals surface area contributed by atoms with Crippen molar-refractivity contribution in [1.82, 2.24) is 0 Å². The van der Waals surface area contributed by atoms with Gasteiger partial charge in [0.05, 0.1) is 7.11 Å². The van der Waals surface area contributed by atoms with E-state index in [1.54, 1.807) is 18.9 Å². The highest BCUT2D eigenvalue weighted by atomic mass is 32.2. The summed E-state index contributed by atoms with van der Waals surface area (Å²) in [7, 11) is 1.66. The molecule has 1 aliphatic rings. The molecule has 1 aliphatic heterocycles. The van der Waals surface area contributed by atoms with Gasteiger partial charge in [0.15, 0.2) is 5.78 Å². The van der Waals surface area contributed by atoms with Gasteiger partial charge in [0, 0.05) is 23.5 Å². The first kappa shape index (κ1) is 14.0. The van der Waals surface area contributed by atoms with E-state index in [-0.39, 0.29) is 11.2 Å². The van der Waals surface area contributed by atoms with Crippen molar-refractivity contribution < 1.29 is 9.53 Å². The van der Waals surface area contributed by atoms with Gasteiger partial charge in [-0.2, -0.15) is 0 Å². The van der Waals surface area contributed by atoms with E-state index in [0.29, 0.717) is 0 Å². The number of thioether (sulfide) groups is 1. The van der Waals surface area contributed by atoms with Gasteiger partial charge in [-0.1, -0.05) is 30.3 Å². The molecule has 4 heteroatoms. The molecule has 0 N–H and O–H groups in total. The molecule has 0 unspecified atom stereocenters. The summed E-state index contributed by atoms with van der Waals surface area (Å²) < 4.78 is 5.18. The summed E-state index contributed by atoms with van der Waals surface area (Å²) in [4.78, 5) is 14.8. The second kappa shape index (κ2) is 6.22. The lowest BCUT2D eigenvalue weighted by atomic mass is 10.1. The summed E-state index contributed by atoms with van der Waals surface area (Å²) in [5.74, 6) is 1.97. The molecule has 0 saturated carbocycles. The number of ketones is 1. The van der Waals surface area contributed by atoms with Crippen LogP contribution in [0.2, 0.25) is 0 Å². The molecule has 1 heterocycles. The Kier molecular flexibility index (Phi) is 4.15. The Morgan fingerprint density at radius 3 is 2.52 bits per heavy atom. The molecular formula is C17H17NO2S. The maximum atomic E-state index is 12.7. The molecule has 1 saturated heterocycles. The zero-order chi connectivity index (χ0) is 14.7. The van der Waals surface area contributed by atoms with Gasteiger partial charge in [0.25, 0.3) is 0 Å². The van der Waals surface area contributed by atoms with Crippen molar-refractivity contribution in [2.45, 2.75) is 5.37 Å². The fourth-order valence-electron chi connectivity index (χ4n) is 2.47. The third-order valence-electron chi connectivity index (χ3n) is 3.58. The van der Waals surface area contributed by atoms with E-state index in [9.17, 15) is 4.79 Å². The number of methoxy groups -OCH3 is 1. The smallest absolute Gasteiger partial charge is 0.195 e. The third kappa shape index (κ3) is 2.90. The summed E-state index contributed by atoms with van der Waals surface area (Å²) in [6.07, 6.45) is 0. The highest BCUT2D eigenvalue weighted by molar-refractivity contribution is 8.01. The molecule has 0 aromatic heterocycles. The molecule has 21 heavy (non-hydrogen) atoms. The lowest BCUT2D eigenvalue weighted by molar-refractivity contribution is 0.0990. The number of hydrogen-bond donors (Lipinski definition) is 0. The van der Waals surface area contributed by atoms with E-state index in [1.165, 1.54) is 0 Å². The zero-order valence-corrected chi connectivity index (χ0v) is 12.7. The molecule has 0 spiro atoms. The van der Waals surface area contributed by atoms with E-state index < -0.39 is 0 Å². The quantitative estimate of drug-likeness (QED) is 0.809. The Labute approximate surface area is 128 Å². The molecule has 2 aromatic carbocycles. The van der Waals surface area contributed by atoms with Gasteiger partial charge in [-0.05, 0) is 24.3 Å². The number of rotatable bonds is 4. The predicted molar refractivity (Wildman–Crippen MR) is 87.4 cm³/mol. The van der Waals surface area contributed by atoms with Gasteiger partial charge in [0.2, 0.25) is 0 Å². The molecule has 0 radical (unpaired) electrons. The first-order chi connectivity index (χ1) is 10.3. The second-order valence-electron chi connectivity index (χ2n) is 4.84. The summed E-state index contributed by atoms with van der Waals surface area (Å²) in [6.45, 7) is 0.889. The molecule has 3 rings (SSSR count). The molecule has 2 aromatic rings. The first-order valence-corrected chi connectivity index (χ1v) is 7.96. The van der Waals surface area contributed by atoms with Crippen LogP contribution >= 0.6 is 11.8 Å². The highest BCUT2D eigenvalue weighted by Crippen LogP contribution is 2.32. The Hall–Kier alpha value is -1.94. The van der Waals surface area contributed by atoms with Crippen LogP contribution in [0.15, 0.2) is 54.6 Å². The minimum absolute atomic E-state index is 0.138. The highest BCUT2D eigenvalue weighted by Gasteiger charge is 2.32. The Morgan fingerprint density at radius 1 is 1.14 bits per heavy atom. The monoisotopic (exact) mass is 299 g/mol. The zero-order valence-electron chi connectivity index (χ0n) is 11.9. The Balaban J connectivity index is 1.83. The normalized spacial score (nSPS) is 17.8. The number of ether oxygens (including phenoxy) is 1. The Morgan fingerprint density at radius 2 is 1.86 bits per heavy atom. The van der Waals surface area contributed by atoms with Crippen LogP contribution in [-0.4, -0.2) is 30.6 Å². The molecule has 108 valence electrons. The average Bonchev–Trinajstić information content (AvgIpc) is 3.04. The molecule has 1 atom stereocenters. The fourth-order valence-corrected chi connectivity index (χ4v) is 3.69. The number of hydrogen-bond acceptors (Lipinski definition) is 4. The van der Waals surface area contributed by atoms with Gasteiger partial charge >= 0.3 is 0 Å². The number of carbonyl (C=O) groups excluding carboxylic acids is 1. The summed E-state index contributed by atoms with van der Waals surface area (Å²) in [5.41, 5.74) is 1.84. The van der Waals surface area contributed by atoms with Crippen LogP contribution in [0, 0.1) is 0 Å². The minimum Gasteiger partial charge on any atom is -0.497 e. The predicted octanol–water partition coefficient (Wildman–Crippen LogP) is 3.46. The summed E-state index contributed by atoms with van der Waals surface area (Å²) in [5, 5.41) is -0.138. The van der Waals surface area contributed by atoms with Gasteiger partial charge in [-0.15, -0.1) is 11.8 Å². The van der Waals surface area contributed by atoms with E-state index in [0.717, 1.165) is 29.3 Å². The maximum absolute atomic E-state index is 12.7. The second-order valence-corrected chi connectivity index (χ2v) is 6.03. The standard InChI is InChI=1S/C17H17NO2S/c1-20-15-9-7-14(8-10-15)18-11-12-21-17(18)16(19)13-5-3-2-4-6-13/h2-10,17H,11-12H2,1H3/t17-/m0/s1. The van der Waals surface area contributed by atoms with Crippen molar-refractivity contribution in [1.29, 1.82) is 0 Å². The largest absolute Gasteiger partial charge is 0.497 e. The lowest BCUT2D eigenvalue weighted by Crippen LogP contribution is -2.34. The number of carbonyl (C=O) groups is 1. The molecular weight excluding hydrogens is 282 g/mol. The van der Waals surface area contributed by atoms with Gasteiger partial charge in [-0.3, -0.25) is 4.79 Å². The maximum Gasteiger partial charge on any atom is 0.195 e. The molecule has 3 nitrogen and oxygen atoms in total. The van der Waals surface area contributed by atoms with Crippen molar-refractivity contribution in [2.75, 3.05) is 24.3 Å². The number of anilines is 1. The van der Waals surface area contributed by atoms with Crippen LogP contribution in [0.1, 0.15) is 10.4 Å². The SMILES string of the molecule is COc1ccc(N2CCS[C@H]2C(=O)c2ccccc2)cc1. The van der Waals surface area contributed by atoms with Crippen LogP contribution in [0.4, 0.5) is 5.69 Å². The van der Waals surface area contributed by atoms with Crippen LogP contribution in [-0.2, 0) is 0 Å². The fraction of sp³-hybridized carbons (Fsp3) is 0.235. The summed E-state index contributed by atoms with van der Waals surface area (Å²) >= 11 is 1.70. The van der Waals surface area contributed by atoms with E-state index >= 15 is 0 Å². The topological polar surface area (TPSA) is 29.5 Å². The van der Waals surface area contributed by atoms with Crippen molar-refractivity contribution in [3.8, 4) is 5.75 Å². The van der Waals surface area contributed by atoms with Crippen molar-refractivity contribution in [2.24, 2.45) is 0 Å². The minimum atomic E-state index is -0.138. The molecule has 1 fully saturated rings. The van der Waals surface area contributed by atoms with Crippen LogP contribution < -0.4 is 9.64 Å². The van der Waals surface area contributed by atoms with Crippen molar-refractivity contribution in [3.05, 3.63) is 60.2 Å². The van der Waals surface area contributed by atoms with E-state index in [1.807, 2.05) is 54.6 Å². The lowest BCUT2D eigenvalue weighted by Gasteiger charge is -2.25. The number of nitrogens with zero attached hydrogens (tertiary/aromatic N) is 1. The molecule has 0 bridgehead atoms. The summed E-state index contributed by atoms with van der Waals surface area (Å²) in [6, 6.07) is 17.4. The van der Waals surface area contributed by atoms with Crippen LogP contribution in [0.3, 0.4) is 0 Å². The van der Waals surface area contributed by atoms with Gasteiger partial charge in [-0.25, -0.2) is 0 Å². The van der Waals surface area contributed by atoms with Crippen LogP contribution in [0.25, 0.3) is 0 Å². The Bertz CT molecular complexity index is 612. The molecule has 0 amide bonds. The van der Waals surface area contributed by atoms with Crippen molar-refractivity contribution in [3.63, 3.8) is 0 Å². The first-order valence-electron chi connectivity index (χ1n) is 6.91. The average molecular weight is 299 g/mol. The van der Waals surface area contributed by atoms with Gasteiger partial charge < -0.3 is 9.64 Å². The number of Topliss-reactive ketones (excluding diaryl/α,β-unsaturated/α-hetero) is 1. The number of benzene rings is 2. The van der Waals surface area contributed by atoms with E-state index in [4.69, 9.17) is 4.74 Å². The van der Waals surface area contributed by atoms with Crippen LogP contribution in [0.5, 0.6) is 5.75 Å². The van der Waals surface area contributed by atoms with E-state index in [2.05, 4.69) is 4.90 Å². The van der Waals surface area contributed by atoms with Gasteiger partial charge in [0.1, 0.15) is 11.1 Å². The molecule has 0 aliphatic carbocycles. The third-order valence-corrected chi connectivity index (χ3v) is 4.78. The van der Waals surface area contributed by atoms with Crippen molar-refractivity contribution >= 4 is 23.2 Å².